The number of benzene rings is 1. The van der Waals surface area contributed by atoms with Crippen molar-refractivity contribution < 1.29 is 27.3 Å². The van der Waals surface area contributed by atoms with Gasteiger partial charge in [0.2, 0.25) is 17.7 Å². The van der Waals surface area contributed by atoms with Crippen molar-refractivity contribution in [1.29, 1.82) is 0 Å². The molecule has 11 heteroatoms. The minimum atomic E-state index is -4.64. The maximum atomic E-state index is 12.8. The monoisotopic (exact) mass is 376 g/mol. The van der Waals surface area contributed by atoms with Crippen LogP contribution in [0.1, 0.15) is 17.3 Å². The molecule has 2 N–H and O–H groups in total. The SMILES string of the molecule is Cc1nc(CC(=O)NCC(=O)Nc2ccc(Cl)c(C(F)(F)F)c2)no1. The molecule has 0 saturated carbocycles. The third-order valence-corrected chi connectivity index (χ3v) is 3.22. The van der Waals surface area contributed by atoms with Crippen molar-refractivity contribution in [2.45, 2.75) is 19.5 Å². The van der Waals surface area contributed by atoms with Crippen LogP contribution in [-0.4, -0.2) is 28.5 Å². The number of aromatic nitrogens is 2. The molecule has 2 aromatic rings. The van der Waals surface area contributed by atoms with Gasteiger partial charge >= 0.3 is 6.18 Å². The van der Waals surface area contributed by atoms with Gasteiger partial charge in [0.15, 0.2) is 5.82 Å². The zero-order chi connectivity index (χ0) is 18.6. The van der Waals surface area contributed by atoms with Crippen molar-refractivity contribution in [2.75, 3.05) is 11.9 Å². The Morgan fingerprint density at radius 3 is 2.60 bits per heavy atom. The third-order valence-electron chi connectivity index (χ3n) is 2.89. The fourth-order valence-electron chi connectivity index (χ4n) is 1.82. The van der Waals surface area contributed by atoms with Gasteiger partial charge < -0.3 is 15.2 Å². The molecule has 1 aromatic carbocycles. The fourth-order valence-corrected chi connectivity index (χ4v) is 2.05. The summed E-state index contributed by atoms with van der Waals surface area (Å²) in [5.41, 5.74) is -1.16. The van der Waals surface area contributed by atoms with Crippen molar-refractivity contribution in [3.8, 4) is 0 Å². The average molecular weight is 377 g/mol. The molecule has 0 saturated heterocycles. The number of carbonyl (C=O) groups is 2. The molecule has 7 nitrogen and oxygen atoms in total. The molecule has 0 spiro atoms. The van der Waals surface area contributed by atoms with Gasteiger partial charge in [-0.05, 0) is 18.2 Å². The van der Waals surface area contributed by atoms with E-state index in [1.54, 1.807) is 6.92 Å². The molecule has 0 atom stereocenters. The van der Waals surface area contributed by atoms with Gasteiger partial charge in [0, 0.05) is 12.6 Å². The summed E-state index contributed by atoms with van der Waals surface area (Å²) in [6.07, 6.45) is -4.83. The molecule has 2 rings (SSSR count). The second kappa shape index (κ2) is 7.51. The van der Waals surface area contributed by atoms with Gasteiger partial charge in [0.05, 0.1) is 23.6 Å². The van der Waals surface area contributed by atoms with E-state index in [9.17, 15) is 22.8 Å². The van der Waals surface area contributed by atoms with Gasteiger partial charge in [-0.2, -0.15) is 18.2 Å². The third kappa shape index (κ3) is 5.45. The van der Waals surface area contributed by atoms with Crippen LogP contribution in [-0.2, 0) is 22.2 Å². The van der Waals surface area contributed by atoms with E-state index in [1.807, 2.05) is 0 Å². The summed E-state index contributed by atoms with van der Waals surface area (Å²) in [6.45, 7) is 1.13. The number of aryl methyl sites for hydroxylation is 1. The van der Waals surface area contributed by atoms with Crippen molar-refractivity contribution in [2.24, 2.45) is 0 Å². The molecule has 0 aliphatic heterocycles. The van der Waals surface area contributed by atoms with Gasteiger partial charge in [-0.15, -0.1) is 0 Å². The Hall–Kier alpha value is -2.62. The molecule has 0 aliphatic carbocycles. The zero-order valence-electron chi connectivity index (χ0n) is 12.8. The standard InChI is InChI=1S/C14H12ClF3N4O3/c1-7-20-11(22-25-7)5-12(23)19-6-13(24)21-8-2-3-10(15)9(4-8)14(16,17)18/h2-4H,5-6H2,1H3,(H,19,23)(H,21,24). The first-order chi connectivity index (χ1) is 11.6. The Balaban J connectivity index is 1.89. The number of halogens is 4. The molecular formula is C14H12ClF3N4O3. The highest BCUT2D eigenvalue weighted by molar-refractivity contribution is 6.31. The minimum Gasteiger partial charge on any atom is -0.347 e. The van der Waals surface area contributed by atoms with Gasteiger partial charge in [0.1, 0.15) is 0 Å². The molecule has 0 unspecified atom stereocenters. The first-order valence-electron chi connectivity index (χ1n) is 6.87. The van der Waals surface area contributed by atoms with Crippen LogP contribution < -0.4 is 10.6 Å². The van der Waals surface area contributed by atoms with Crippen LogP contribution in [0.2, 0.25) is 5.02 Å². The van der Waals surface area contributed by atoms with E-state index >= 15 is 0 Å². The topological polar surface area (TPSA) is 97.1 Å². The Bertz CT molecular complexity index is 792. The normalized spacial score (nSPS) is 11.2. The molecule has 25 heavy (non-hydrogen) atoms. The van der Waals surface area contributed by atoms with Gasteiger partial charge in [-0.3, -0.25) is 9.59 Å². The first-order valence-corrected chi connectivity index (χ1v) is 7.25. The molecular weight excluding hydrogens is 365 g/mol. The maximum absolute atomic E-state index is 12.8. The number of hydrogen-bond donors (Lipinski definition) is 2. The number of nitrogens with zero attached hydrogens (tertiary/aromatic N) is 2. The number of carbonyl (C=O) groups excluding carboxylic acids is 2. The van der Waals surface area contributed by atoms with Crippen LogP contribution in [0.5, 0.6) is 0 Å². The van der Waals surface area contributed by atoms with E-state index in [0.717, 1.165) is 6.07 Å². The van der Waals surface area contributed by atoms with Crippen molar-refractivity contribution in [3.63, 3.8) is 0 Å². The number of rotatable bonds is 5. The molecule has 0 bridgehead atoms. The number of amides is 2. The lowest BCUT2D eigenvalue weighted by Gasteiger charge is -2.12. The molecule has 1 aromatic heterocycles. The second-order valence-corrected chi connectivity index (χ2v) is 5.33. The highest BCUT2D eigenvalue weighted by Gasteiger charge is 2.33. The fraction of sp³-hybridized carbons (Fsp3) is 0.286. The Labute approximate surface area is 144 Å². The zero-order valence-corrected chi connectivity index (χ0v) is 13.5. The van der Waals surface area contributed by atoms with Crippen LogP contribution in [0.25, 0.3) is 0 Å². The molecule has 134 valence electrons. The minimum absolute atomic E-state index is 0.0928. The molecule has 0 aliphatic rings. The van der Waals surface area contributed by atoms with E-state index in [4.69, 9.17) is 16.1 Å². The number of hydrogen-bond acceptors (Lipinski definition) is 5. The molecule has 1 heterocycles. The van der Waals surface area contributed by atoms with Gasteiger partial charge in [0.25, 0.3) is 0 Å². The molecule has 2 amide bonds. The Morgan fingerprint density at radius 2 is 2.00 bits per heavy atom. The molecule has 0 radical (unpaired) electrons. The predicted molar refractivity (Wildman–Crippen MR) is 80.8 cm³/mol. The first kappa shape index (κ1) is 18.7. The van der Waals surface area contributed by atoms with Crippen LogP contribution in [0, 0.1) is 6.92 Å². The highest BCUT2D eigenvalue weighted by Crippen LogP contribution is 2.36. The van der Waals surface area contributed by atoms with Crippen LogP contribution in [0.3, 0.4) is 0 Å². The van der Waals surface area contributed by atoms with Crippen LogP contribution >= 0.6 is 11.6 Å². The quantitative estimate of drug-likeness (QED) is 0.834. The van der Waals surface area contributed by atoms with Crippen molar-refractivity contribution in [1.82, 2.24) is 15.5 Å². The highest BCUT2D eigenvalue weighted by atomic mass is 35.5. The number of nitrogens with one attached hydrogen (secondary N) is 2. The predicted octanol–water partition coefficient (Wildman–Crippen LogP) is 2.35. The Kier molecular flexibility index (Phi) is 5.62. The largest absolute Gasteiger partial charge is 0.417 e. The van der Waals surface area contributed by atoms with E-state index in [2.05, 4.69) is 20.8 Å². The maximum Gasteiger partial charge on any atom is 0.417 e. The summed E-state index contributed by atoms with van der Waals surface area (Å²) in [5.74, 6) is -0.789. The lowest BCUT2D eigenvalue weighted by atomic mass is 10.2. The number of anilines is 1. The Morgan fingerprint density at radius 1 is 1.28 bits per heavy atom. The van der Waals surface area contributed by atoms with Crippen LogP contribution in [0.4, 0.5) is 18.9 Å². The number of alkyl halides is 3. The summed E-state index contributed by atoms with van der Waals surface area (Å²) in [7, 11) is 0. The van der Waals surface area contributed by atoms with E-state index in [0.29, 0.717) is 12.0 Å². The summed E-state index contributed by atoms with van der Waals surface area (Å²) in [5, 5.41) is 7.59. The van der Waals surface area contributed by atoms with Gasteiger partial charge in [-0.1, -0.05) is 16.8 Å². The summed E-state index contributed by atoms with van der Waals surface area (Å²) in [4.78, 5) is 27.2. The smallest absolute Gasteiger partial charge is 0.347 e. The van der Waals surface area contributed by atoms with E-state index in [1.165, 1.54) is 6.07 Å². The van der Waals surface area contributed by atoms with Crippen LogP contribution in [0.15, 0.2) is 22.7 Å². The van der Waals surface area contributed by atoms with Crippen molar-refractivity contribution >= 4 is 29.1 Å². The summed E-state index contributed by atoms with van der Waals surface area (Å²) < 4.78 is 43.0. The van der Waals surface area contributed by atoms with E-state index in [-0.39, 0.29) is 17.9 Å². The molecule has 0 fully saturated rings. The lowest BCUT2D eigenvalue weighted by molar-refractivity contribution is -0.137. The average Bonchev–Trinajstić information content (AvgIpc) is 2.91. The summed E-state index contributed by atoms with van der Waals surface area (Å²) >= 11 is 5.49. The van der Waals surface area contributed by atoms with Crippen molar-refractivity contribution in [3.05, 3.63) is 40.5 Å². The van der Waals surface area contributed by atoms with E-state index < -0.39 is 35.1 Å². The lowest BCUT2D eigenvalue weighted by Crippen LogP contribution is -2.34. The second-order valence-electron chi connectivity index (χ2n) is 4.92. The summed E-state index contributed by atoms with van der Waals surface area (Å²) in [6, 6.07) is 2.96. The van der Waals surface area contributed by atoms with Gasteiger partial charge in [-0.25, -0.2) is 0 Å².